The molecule has 2 aromatic carbocycles. The van der Waals surface area contributed by atoms with Crippen LogP contribution in [0.3, 0.4) is 0 Å². The SMILES string of the molecule is Cc1ccc(C)c(NC(=O)COC(=O)[C@H]2CC(=O)N(c3ccc(F)cc3)C2)c1. The monoisotopic (exact) mass is 384 g/mol. The second-order valence-corrected chi connectivity index (χ2v) is 6.86. The molecule has 0 bridgehead atoms. The Morgan fingerprint density at radius 1 is 1.18 bits per heavy atom. The van der Waals surface area contributed by atoms with E-state index in [0.717, 1.165) is 11.1 Å². The number of carbonyl (C=O) groups excluding carboxylic acids is 3. The second-order valence-electron chi connectivity index (χ2n) is 6.86. The number of rotatable bonds is 5. The van der Waals surface area contributed by atoms with Crippen molar-refractivity contribution in [2.24, 2.45) is 5.92 Å². The minimum atomic E-state index is -0.661. The first-order chi connectivity index (χ1) is 13.3. The lowest BCUT2D eigenvalue weighted by atomic mass is 10.1. The van der Waals surface area contributed by atoms with Crippen LogP contribution in [0.1, 0.15) is 17.5 Å². The molecule has 1 atom stereocenters. The van der Waals surface area contributed by atoms with Gasteiger partial charge in [0.1, 0.15) is 5.82 Å². The van der Waals surface area contributed by atoms with Gasteiger partial charge in [0.2, 0.25) is 5.91 Å². The summed E-state index contributed by atoms with van der Waals surface area (Å²) < 4.78 is 18.1. The molecular weight excluding hydrogens is 363 g/mol. The first-order valence-electron chi connectivity index (χ1n) is 8.93. The van der Waals surface area contributed by atoms with Gasteiger partial charge in [0, 0.05) is 24.3 Å². The maximum atomic E-state index is 13.0. The normalized spacial score (nSPS) is 16.2. The van der Waals surface area contributed by atoms with Gasteiger partial charge in [-0.15, -0.1) is 0 Å². The number of benzene rings is 2. The van der Waals surface area contributed by atoms with Crippen molar-refractivity contribution in [1.29, 1.82) is 0 Å². The van der Waals surface area contributed by atoms with Crippen molar-refractivity contribution in [3.8, 4) is 0 Å². The number of amides is 2. The topological polar surface area (TPSA) is 75.7 Å². The molecule has 2 aromatic rings. The van der Waals surface area contributed by atoms with E-state index in [1.807, 2.05) is 32.0 Å². The second kappa shape index (κ2) is 8.21. The lowest BCUT2D eigenvalue weighted by Gasteiger charge is -2.16. The van der Waals surface area contributed by atoms with Gasteiger partial charge in [0.15, 0.2) is 6.61 Å². The minimum absolute atomic E-state index is 0.00514. The number of nitrogens with zero attached hydrogens (tertiary/aromatic N) is 1. The van der Waals surface area contributed by atoms with Gasteiger partial charge in [0.25, 0.3) is 5.91 Å². The number of esters is 1. The van der Waals surface area contributed by atoms with Gasteiger partial charge >= 0.3 is 5.97 Å². The molecule has 28 heavy (non-hydrogen) atoms. The number of anilines is 2. The molecule has 1 saturated heterocycles. The van der Waals surface area contributed by atoms with Crippen molar-refractivity contribution in [3.05, 3.63) is 59.4 Å². The van der Waals surface area contributed by atoms with Gasteiger partial charge in [-0.1, -0.05) is 12.1 Å². The van der Waals surface area contributed by atoms with Crippen molar-refractivity contribution >= 4 is 29.2 Å². The predicted molar refractivity (Wildman–Crippen MR) is 102 cm³/mol. The molecule has 7 heteroatoms. The van der Waals surface area contributed by atoms with Crippen LogP contribution >= 0.6 is 0 Å². The Bertz CT molecular complexity index is 911. The Kier molecular flexibility index (Phi) is 5.73. The zero-order valence-electron chi connectivity index (χ0n) is 15.7. The Morgan fingerprint density at radius 3 is 2.61 bits per heavy atom. The summed E-state index contributed by atoms with van der Waals surface area (Å²) in [5.41, 5.74) is 3.10. The maximum Gasteiger partial charge on any atom is 0.311 e. The van der Waals surface area contributed by atoms with Gasteiger partial charge in [-0.3, -0.25) is 14.4 Å². The van der Waals surface area contributed by atoms with E-state index >= 15 is 0 Å². The summed E-state index contributed by atoms with van der Waals surface area (Å²) in [6.07, 6.45) is -0.00514. The zero-order valence-corrected chi connectivity index (χ0v) is 15.7. The number of carbonyl (C=O) groups is 3. The highest BCUT2D eigenvalue weighted by Crippen LogP contribution is 2.26. The van der Waals surface area contributed by atoms with Crippen LogP contribution in [0.2, 0.25) is 0 Å². The van der Waals surface area contributed by atoms with Crippen molar-refractivity contribution in [3.63, 3.8) is 0 Å². The molecule has 0 saturated carbocycles. The highest BCUT2D eigenvalue weighted by atomic mass is 19.1. The largest absolute Gasteiger partial charge is 0.455 e. The number of hydrogen-bond donors (Lipinski definition) is 1. The van der Waals surface area contributed by atoms with E-state index in [9.17, 15) is 18.8 Å². The third-order valence-electron chi connectivity index (χ3n) is 4.61. The Morgan fingerprint density at radius 2 is 1.89 bits per heavy atom. The van der Waals surface area contributed by atoms with E-state index in [1.165, 1.54) is 29.2 Å². The average molecular weight is 384 g/mol. The van der Waals surface area contributed by atoms with Crippen LogP contribution in [-0.4, -0.2) is 30.9 Å². The van der Waals surface area contributed by atoms with Gasteiger partial charge in [0.05, 0.1) is 5.92 Å². The molecule has 146 valence electrons. The molecule has 0 aromatic heterocycles. The standard InChI is InChI=1S/C21H21FN2O4/c1-13-3-4-14(2)18(9-13)23-19(25)12-28-21(27)15-10-20(26)24(11-15)17-7-5-16(22)6-8-17/h3-9,15H,10-12H2,1-2H3,(H,23,25)/t15-/m0/s1. The maximum absolute atomic E-state index is 13.0. The Labute approximate surface area is 162 Å². The summed E-state index contributed by atoms with van der Waals surface area (Å²) in [7, 11) is 0. The minimum Gasteiger partial charge on any atom is -0.455 e. The molecule has 6 nitrogen and oxygen atoms in total. The van der Waals surface area contributed by atoms with E-state index in [0.29, 0.717) is 11.4 Å². The van der Waals surface area contributed by atoms with E-state index in [2.05, 4.69) is 5.32 Å². The highest BCUT2D eigenvalue weighted by molar-refractivity contribution is 6.00. The molecule has 1 fully saturated rings. The van der Waals surface area contributed by atoms with Crippen LogP contribution in [0.5, 0.6) is 0 Å². The number of halogens is 1. The van der Waals surface area contributed by atoms with E-state index in [-0.39, 0.29) is 18.9 Å². The molecule has 1 heterocycles. The molecule has 1 N–H and O–H groups in total. The fourth-order valence-electron chi connectivity index (χ4n) is 3.05. The van der Waals surface area contributed by atoms with Crippen LogP contribution in [0.15, 0.2) is 42.5 Å². The number of nitrogens with one attached hydrogen (secondary N) is 1. The molecule has 0 unspecified atom stereocenters. The molecule has 1 aliphatic rings. The summed E-state index contributed by atoms with van der Waals surface area (Å²) in [6, 6.07) is 11.2. The average Bonchev–Trinajstić information content (AvgIpc) is 3.05. The van der Waals surface area contributed by atoms with E-state index < -0.39 is 30.2 Å². The highest BCUT2D eigenvalue weighted by Gasteiger charge is 2.36. The van der Waals surface area contributed by atoms with Gasteiger partial charge in [-0.2, -0.15) is 0 Å². The van der Waals surface area contributed by atoms with Gasteiger partial charge in [-0.25, -0.2) is 4.39 Å². The third-order valence-corrected chi connectivity index (χ3v) is 4.61. The van der Waals surface area contributed by atoms with Crippen molar-refractivity contribution < 1.29 is 23.5 Å². The lowest BCUT2D eigenvalue weighted by molar-refractivity contribution is -0.151. The first kappa shape index (κ1) is 19.5. The quantitative estimate of drug-likeness (QED) is 0.804. The van der Waals surface area contributed by atoms with Gasteiger partial charge < -0.3 is 15.0 Å². The van der Waals surface area contributed by atoms with Crippen molar-refractivity contribution in [1.82, 2.24) is 0 Å². The van der Waals surface area contributed by atoms with Crippen LogP contribution in [0.25, 0.3) is 0 Å². The summed E-state index contributed by atoms with van der Waals surface area (Å²) in [5, 5.41) is 2.72. The molecule has 1 aliphatic heterocycles. The lowest BCUT2D eigenvalue weighted by Crippen LogP contribution is -2.28. The number of ether oxygens (including phenoxy) is 1. The summed E-state index contributed by atoms with van der Waals surface area (Å²) in [4.78, 5) is 37.9. The van der Waals surface area contributed by atoms with Crippen molar-refractivity contribution in [2.75, 3.05) is 23.4 Å². The predicted octanol–water partition coefficient (Wildman–Crippen LogP) is 2.98. The summed E-state index contributed by atoms with van der Waals surface area (Å²) >= 11 is 0. The van der Waals surface area contributed by atoms with E-state index in [1.54, 1.807) is 0 Å². The molecule has 0 radical (unpaired) electrons. The molecular formula is C21H21FN2O4. The van der Waals surface area contributed by atoms with Crippen molar-refractivity contribution in [2.45, 2.75) is 20.3 Å². The third kappa shape index (κ3) is 4.54. The van der Waals surface area contributed by atoms with E-state index in [4.69, 9.17) is 4.74 Å². The Hall–Kier alpha value is -3.22. The molecule has 3 rings (SSSR count). The fourth-order valence-corrected chi connectivity index (χ4v) is 3.05. The molecule has 0 aliphatic carbocycles. The summed E-state index contributed by atoms with van der Waals surface area (Å²) in [5.74, 6) is -2.35. The number of hydrogen-bond acceptors (Lipinski definition) is 4. The van der Waals surface area contributed by atoms with Crippen LogP contribution in [0, 0.1) is 25.6 Å². The smallest absolute Gasteiger partial charge is 0.311 e. The zero-order chi connectivity index (χ0) is 20.3. The Balaban J connectivity index is 1.53. The van der Waals surface area contributed by atoms with Crippen LogP contribution in [-0.2, 0) is 19.1 Å². The van der Waals surface area contributed by atoms with Crippen LogP contribution < -0.4 is 10.2 Å². The molecule has 0 spiro atoms. The first-order valence-corrected chi connectivity index (χ1v) is 8.93. The van der Waals surface area contributed by atoms with Crippen LogP contribution in [0.4, 0.5) is 15.8 Å². The number of aryl methyl sites for hydroxylation is 2. The fraction of sp³-hybridized carbons (Fsp3) is 0.286. The van der Waals surface area contributed by atoms with Gasteiger partial charge in [-0.05, 0) is 55.3 Å². The molecule has 2 amide bonds. The summed E-state index contributed by atoms with van der Waals surface area (Å²) in [6.45, 7) is 3.50.